The van der Waals surface area contributed by atoms with Crippen molar-refractivity contribution in [2.24, 2.45) is 5.10 Å². The van der Waals surface area contributed by atoms with Gasteiger partial charge in [0, 0.05) is 18.1 Å². The monoisotopic (exact) mass is 436 g/mol. The third kappa shape index (κ3) is 3.61. The van der Waals surface area contributed by atoms with Gasteiger partial charge >= 0.3 is 0 Å². The second kappa shape index (κ2) is 8.43. The number of fused-ring (bicyclic) bond motifs is 1. The maximum atomic E-state index is 10.3. The molecule has 4 aromatic rings. The first-order chi connectivity index (χ1) is 15.7. The van der Waals surface area contributed by atoms with Crippen LogP contribution in [0.2, 0.25) is 0 Å². The summed E-state index contributed by atoms with van der Waals surface area (Å²) in [6, 6.07) is 7.75. The highest BCUT2D eigenvalue weighted by Crippen LogP contribution is 2.32. The van der Waals surface area contributed by atoms with Crippen molar-refractivity contribution in [3.05, 3.63) is 61.2 Å². The van der Waals surface area contributed by atoms with Crippen LogP contribution in [-0.4, -0.2) is 75.5 Å². The van der Waals surface area contributed by atoms with E-state index < -0.39 is 31.1 Å². The van der Waals surface area contributed by atoms with Gasteiger partial charge in [-0.25, -0.2) is 19.9 Å². The molecule has 0 amide bonds. The number of aliphatic hydroxyl groups excluding tert-OH is 3. The number of imidazole rings is 2. The number of hydrogen-bond donors (Lipinski definition) is 4. The zero-order valence-electron chi connectivity index (χ0n) is 16.7. The van der Waals surface area contributed by atoms with Gasteiger partial charge in [-0.15, -0.1) is 0 Å². The van der Waals surface area contributed by atoms with Gasteiger partial charge in [-0.05, 0) is 17.7 Å². The Balaban J connectivity index is 1.33. The van der Waals surface area contributed by atoms with Gasteiger partial charge in [0.25, 0.3) is 0 Å². The highest BCUT2D eigenvalue weighted by atomic mass is 16.6. The highest BCUT2D eigenvalue weighted by molar-refractivity contribution is 5.84. The molecule has 0 unspecified atom stereocenters. The Kier molecular flexibility index (Phi) is 5.33. The molecule has 1 aromatic carbocycles. The van der Waals surface area contributed by atoms with Crippen LogP contribution in [0.25, 0.3) is 16.9 Å². The zero-order valence-corrected chi connectivity index (χ0v) is 16.7. The minimum atomic E-state index is -1.24. The molecule has 5 rings (SSSR count). The number of aromatic nitrogens is 6. The van der Waals surface area contributed by atoms with Gasteiger partial charge < -0.3 is 24.6 Å². The molecule has 12 nitrogen and oxygen atoms in total. The molecule has 164 valence electrons. The van der Waals surface area contributed by atoms with E-state index in [1.54, 1.807) is 18.7 Å². The molecule has 1 fully saturated rings. The summed E-state index contributed by atoms with van der Waals surface area (Å²) in [7, 11) is 0. The quantitative estimate of drug-likeness (QED) is 0.243. The van der Waals surface area contributed by atoms with Gasteiger partial charge in [0.2, 0.25) is 0 Å². The topological polar surface area (TPSA) is 156 Å². The number of aliphatic hydroxyl groups is 3. The van der Waals surface area contributed by atoms with Crippen LogP contribution in [0.15, 0.2) is 60.7 Å². The number of hydrogen-bond acceptors (Lipinski definition) is 10. The average Bonchev–Trinajstić information content (AvgIpc) is 3.55. The van der Waals surface area contributed by atoms with Crippen LogP contribution in [0.5, 0.6) is 0 Å². The van der Waals surface area contributed by atoms with Crippen molar-refractivity contribution >= 4 is 23.2 Å². The van der Waals surface area contributed by atoms with Gasteiger partial charge in [0.15, 0.2) is 23.2 Å². The molecule has 0 radical (unpaired) electrons. The molecule has 0 aliphatic carbocycles. The van der Waals surface area contributed by atoms with Crippen molar-refractivity contribution in [1.29, 1.82) is 0 Å². The lowest BCUT2D eigenvalue weighted by Crippen LogP contribution is -2.33. The van der Waals surface area contributed by atoms with Crippen molar-refractivity contribution < 1.29 is 20.1 Å². The lowest BCUT2D eigenvalue weighted by molar-refractivity contribution is -0.0511. The van der Waals surface area contributed by atoms with E-state index in [4.69, 9.17) is 4.74 Å². The van der Waals surface area contributed by atoms with Crippen molar-refractivity contribution in [3.8, 4) is 5.69 Å². The lowest BCUT2D eigenvalue weighted by Gasteiger charge is -2.16. The second-order valence-corrected chi connectivity index (χ2v) is 7.21. The molecular formula is C20H20N8O4. The summed E-state index contributed by atoms with van der Waals surface area (Å²) in [6.07, 6.45) is 5.44. The normalized spacial score (nSPS) is 23.3. The predicted molar refractivity (Wildman–Crippen MR) is 113 cm³/mol. The predicted octanol–water partition coefficient (Wildman–Crippen LogP) is 0.0695. The maximum Gasteiger partial charge on any atom is 0.177 e. The Morgan fingerprint density at radius 3 is 2.66 bits per heavy atom. The Morgan fingerprint density at radius 1 is 1.09 bits per heavy atom. The molecule has 1 saturated heterocycles. The first-order valence-electron chi connectivity index (χ1n) is 9.83. The first-order valence-corrected chi connectivity index (χ1v) is 9.83. The lowest BCUT2D eigenvalue weighted by atomic mass is 10.1. The molecule has 4 N–H and O–H groups in total. The summed E-state index contributed by atoms with van der Waals surface area (Å²) in [5, 5.41) is 33.8. The molecular weight excluding hydrogens is 416 g/mol. The number of ether oxygens (including phenoxy) is 1. The van der Waals surface area contributed by atoms with Crippen LogP contribution in [0, 0.1) is 0 Å². The van der Waals surface area contributed by atoms with E-state index in [9.17, 15) is 15.3 Å². The van der Waals surface area contributed by atoms with Gasteiger partial charge in [-0.3, -0.25) is 9.99 Å². The zero-order chi connectivity index (χ0) is 22.1. The number of anilines is 1. The fraction of sp³-hybridized carbons (Fsp3) is 0.250. The largest absolute Gasteiger partial charge is 0.394 e. The highest BCUT2D eigenvalue weighted by Gasteiger charge is 2.44. The van der Waals surface area contributed by atoms with Gasteiger partial charge in [0.05, 0.1) is 25.5 Å². The SMILES string of the molecule is OC[C@H]1O[C@@H](n2cnc3c(NN=Cc4ccc(-n5ccnc5)cc4)ncnc32)[C@H](O)[C@@H]1O. The number of nitrogens with zero attached hydrogens (tertiary/aromatic N) is 7. The minimum absolute atomic E-state index is 0.367. The fourth-order valence-corrected chi connectivity index (χ4v) is 3.54. The summed E-state index contributed by atoms with van der Waals surface area (Å²) in [4.78, 5) is 16.7. The summed E-state index contributed by atoms with van der Waals surface area (Å²) in [5.74, 6) is 0.367. The van der Waals surface area contributed by atoms with E-state index in [1.165, 1.54) is 17.2 Å². The van der Waals surface area contributed by atoms with Crippen LogP contribution < -0.4 is 5.43 Å². The molecule has 0 spiro atoms. The van der Waals surface area contributed by atoms with Gasteiger partial charge in [-0.2, -0.15) is 5.10 Å². The van der Waals surface area contributed by atoms with Crippen LogP contribution in [-0.2, 0) is 4.74 Å². The standard InChI is InChI=1S/C20H20N8O4/c29-8-14-16(30)17(31)20(32-14)28-11-24-15-18(22-9-23-19(15)28)26-25-7-12-1-3-13(4-2-12)27-6-5-21-10-27/h1-7,9-11,14,16-17,20,29-31H,8H2,(H,22,23,26)/t14-,16-,17-,20-/m1/s1. The number of rotatable bonds is 6. The van der Waals surface area contributed by atoms with Crippen LogP contribution in [0.4, 0.5) is 5.82 Å². The molecule has 12 heteroatoms. The smallest absolute Gasteiger partial charge is 0.177 e. The Labute approximate surface area is 181 Å². The Morgan fingerprint density at radius 2 is 1.94 bits per heavy atom. The molecule has 32 heavy (non-hydrogen) atoms. The van der Waals surface area contributed by atoms with Crippen molar-refractivity contribution in [3.63, 3.8) is 0 Å². The summed E-state index contributed by atoms with van der Waals surface area (Å²) >= 11 is 0. The number of nitrogens with one attached hydrogen (secondary N) is 1. The van der Waals surface area contributed by atoms with E-state index in [2.05, 4.69) is 30.5 Å². The Bertz CT molecular complexity index is 1220. The van der Waals surface area contributed by atoms with Crippen LogP contribution >= 0.6 is 0 Å². The second-order valence-electron chi connectivity index (χ2n) is 7.21. The van der Waals surface area contributed by atoms with Crippen molar-refractivity contribution in [2.75, 3.05) is 12.0 Å². The van der Waals surface area contributed by atoms with E-state index in [-0.39, 0.29) is 0 Å². The molecule has 1 aliphatic rings. The van der Waals surface area contributed by atoms with Crippen LogP contribution in [0.1, 0.15) is 11.8 Å². The van der Waals surface area contributed by atoms with E-state index in [0.717, 1.165) is 11.3 Å². The van der Waals surface area contributed by atoms with E-state index >= 15 is 0 Å². The van der Waals surface area contributed by atoms with Gasteiger partial charge in [-0.1, -0.05) is 12.1 Å². The average molecular weight is 436 g/mol. The third-order valence-corrected chi connectivity index (χ3v) is 5.23. The first kappa shape index (κ1) is 20.2. The summed E-state index contributed by atoms with van der Waals surface area (Å²) in [5.41, 5.74) is 5.52. The number of benzene rings is 1. The van der Waals surface area contributed by atoms with E-state index in [1.807, 2.05) is 35.0 Å². The van der Waals surface area contributed by atoms with Crippen molar-refractivity contribution in [2.45, 2.75) is 24.5 Å². The molecule has 3 aromatic heterocycles. The summed E-state index contributed by atoms with van der Waals surface area (Å²) < 4.78 is 8.95. The molecule has 4 atom stereocenters. The summed E-state index contributed by atoms with van der Waals surface area (Å²) in [6.45, 7) is -0.416. The molecule has 1 aliphatic heterocycles. The van der Waals surface area contributed by atoms with Gasteiger partial charge in [0.1, 0.15) is 24.6 Å². The molecule has 0 saturated carbocycles. The fourth-order valence-electron chi connectivity index (χ4n) is 3.54. The van der Waals surface area contributed by atoms with E-state index in [0.29, 0.717) is 17.0 Å². The Hall–Kier alpha value is -3.71. The van der Waals surface area contributed by atoms with Crippen LogP contribution in [0.3, 0.4) is 0 Å². The maximum absolute atomic E-state index is 10.3. The molecule has 4 heterocycles. The minimum Gasteiger partial charge on any atom is -0.394 e. The number of hydrazone groups is 1. The third-order valence-electron chi connectivity index (χ3n) is 5.23. The van der Waals surface area contributed by atoms with Crippen molar-refractivity contribution in [1.82, 2.24) is 29.1 Å². The molecule has 0 bridgehead atoms.